The minimum Gasteiger partial charge on any atom is -0.491 e. The van der Waals surface area contributed by atoms with Gasteiger partial charge in [-0.25, -0.2) is 0 Å². The number of nitrogen functional groups attached to an aromatic ring is 1. The number of hydrogen-bond acceptors (Lipinski definition) is 15. The summed E-state index contributed by atoms with van der Waals surface area (Å²) in [6.45, 7) is 7.97. The van der Waals surface area contributed by atoms with Gasteiger partial charge in [0.1, 0.15) is 18.4 Å². The molecule has 0 aliphatic carbocycles. The van der Waals surface area contributed by atoms with Crippen molar-refractivity contribution in [2.24, 2.45) is 0 Å². The number of nitrogens with two attached hydrogens (primary N) is 1. The van der Waals surface area contributed by atoms with Gasteiger partial charge in [0.05, 0.1) is 117 Å². The van der Waals surface area contributed by atoms with Gasteiger partial charge in [-0.3, -0.25) is 29.4 Å². The van der Waals surface area contributed by atoms with Crippen molar-refractivity contribution in [1.82, 2.24) is 10.2 Å². The van der Waals surface area contributed by atoms with Crippen molar-refractivity contribution in [3.8, 4) is 5.75 Å². The molecule has 2 aromatic carbocycles. The molecule has 0 aromatic heterocycles. The standard InChI is InChI=1S/C37H52N4O13/c38-28-4-6-29(7-5-28)54-27-26-53-25-24-52-23-22-51-21-20-50-19-18-49-17-16-48-15-14-47-13-12-46-11-10-39-31-3-1-2-30-34(31)37(45)41(36(30)44)32-8-9-33(42)40-35(32)43/h1-7,32,39H,8-27,38H2,(H,40,42,43). The Balaban J connectivity index is 0.857. The van der Waals surface area contributed by atoms with Crippen molar-refractivity contribution in [3.05, 3.63) is 53.6 Å². The van der Waals surface area contributed by atoms with Gasteiger partial charge < -0.3 is 53.7 Å². The van der Waals surface area contributed by atoms with Crippen LogP contribution in [0.5, 0.6) is 5.75 Å². The lowest BCUT2D eigenvalue weighted by Crippen LogP contribution is -2.54. The lowest BCUT2D eigenvalue weighted by molar-refractivity contribution is -0.136. The Bertz CT molecular complexity index is 1450. The van der Waals surface area contributed by atoms with Crippen LogP contribution in [0.15, 0.2) is 42.5 Å². The van der Waals surface area contributed by atoms with Crippen LogP contribution in [-0.2, 0) is 47.5 Å². The maximum atomic E-state index is 13.1. The molecule has 0 spiro atoms. The molecule has 4 N–H and O–H groups in total. The second kappa shape index (κ2) is 25.0. The van der Waals surface area contributed by atoms with E-state index in [0.717, 1.165) is 10.6 Å². The Morgan fingerprint density at radius 3 is 1.59 bits per heavy atom. The zero-order chi connectivity index (χ0) is 38.2. The summed E-state index contributed by atoms with van der Waals surface area (Å²) in [6.07, 6.45) is 0.169. The van der Waals surface area contributed by atoms with Gasteiger partial charge in [-0.1, -0.05) is 6.07 Å². The maximum Gasteiger partial charge on any atom is 0.264 e. The quantitative estimate of drug-likeness (QED) is 0.0583. The van der Waals surface area contributed by atoms with Crippen LogP contribution in [0.2, 0.25) is 0 Å². The highest BCUT2D eigenvalue weighted by atomic mass is 16.6. The molecular formula is C37H52N4O13. The number of nitrogens with zero attached hydrogens (tertiary/aromatic N) is 1. The van der Waals surface area contributed by atoms with Crippen LogP contribution in [0, 0.1) is 0 Å². The van der Waals surface area contributed by atoms with E-state index >= 15 is 0 Å². The van der Waals surface area contributed by atoms with Gasteiger partial charge in [-0.2, -0.15) is 0 Å². The van der Waals surface area contributed by atoms with Crippen LogP contribution < -0.4 is 21.1 Å². The lowest BCUT2D eigenvalue weighted by Gasteiger charge is -2.27. The van der Waals surface area contributed by atoms with Gasteiger partial charge in [0.15, 0.2) is 0 Å². The Morgan fingerprint density at radius 1 is 0.611 bits per heavy atom. The zero-order valence-corrected chi connectivity index (χ0v) is 30.6. The number of rotatable bonds is 30. The van der Waals surface area contributed by atoms with E-state index in [-0.39, 0.29) is 24.0 Å². The fourth-order valence-electron chi connectivity index (χ4n) is 5.34. The van der Waals surface area contributed by atoms with E-state index in [1.807, 2.05) is 12.1 Å². The lowest BCUT2D eigenvalue weighted by atomic mass is 10.0. The number of carbonyl (C=O) groups excluding carboxylic acids is 4. The molecule has 2 aliphatic rings. The average molecular weight is 761 g/mol. The summed E-state index contributed by atoms with van der Waals surface area (Å²) in [5.74, 6) is -1.41. The van der Waals surface area contributed by atoms with Crippen molar-refractivity contribution in [3.63, 3.8) is 0 Å². The van der Waals surface area contributed by atoms with Crippen molar-refractivity contribution in [2.45, 2.75) is 18.9 Å². The summed E-state index contributed by atoms with van der Waals surface area (Å²) >= 11 is 0. The molecule has 0 saturated carbocycles. The highest BCUT2D eigenvalue weighted by molar-refractivity contribution is 6.25. The molecule has 2 aliphatic heterocycles. The topological polar surface area (TPSA) is 205 Å². The molecule has 17 nitrogen and oxygen atoms in total. The predicted molar refractivity (Wildman–Crippen MR) is 195 cm³/mol. The monoisotopic (exact) mass is 760 g/mol. The molecule has 1 fully saturated rings. The van der Waals surface area contributed by atoms with Crippen molar-refractivity contribution >= 4 is 35.0 Å². The SMILES string of the molecule is Nc1ccc(OCCOCCOCCOCCOCCOCCOCCOCCOCCNc2cccc3c2C(=O)N(C2CCC(=O)NC2=O)C3=O)cc1. The molecule has 298 valence electrons. The Hall–Kier alpha value is -4.20. The van der Waals surface area contributed by atoms with Crippen LogP contribution in [-0.4, -0.2) is 153 Å². The van der Waals surface area contributed by atoms with Gasteiger partial charge in [0.25, 0.3) is 11.8 Å². The number of amides is 4. The maximum absolute atomic E-state index is 13.1. The molecule has 0 bridgehead atoms. The molecule has 1 atom stereocenters. The first-order chi connectivity index (χ1) is 26.5. The number of anilines is 2. The van der Waals surface area contributed by atoms with Crippen molar-refractivity contribution < 1.29 is 61.8 Å². The van der Waals surface area contributed by atoms with E-state index in [1.165, 1.54) is 0 Å². The Kier molecular flexibility index (Phi) is 19.7. The predicted octanol–water partition coefficient (Wildman–Crippen LogP) is 1.29. The summed E-state index contributed by atoms with van der Waals surface area (Å²) in [5.41, 5.74) is 7.25. The smallest absolute Gasteiger partial charge is 0.264 e. The first-order valence-electron chi connectivity index (χ1n) is 18.1. The van der Waals surface area contributed by atoms with Crippen LogP contribution in [0.1, 0.15) is 33.6 Å². The third-order valence-corrected chi connectivity index (χ3v) is 8.01. The van der Waals surface area contributed by atoms with Crippen molar-refractivity contribution in [2.75, 3.05) is 130 Å². The summed E-state index contributed by atoms with van der Waals surface area (Å²) in [4.78, 5) is 50.8. The second-order valence-corrected chi connectivity index (χ2v) is 11.9. The summed E-state index contributed by atoms with van der Waals surface area (Å²) < 4.78 is 49.6. The first-order valence-corrected chi connectivity index (χ1v) is 18.1. The molecule has 1 saturated heterocycles. The van der Waals surface area contributed by atoms with Gasteiger partial charge in [0, 0.05) is 24.3 Å². The van der Waals surface area contributed by atoms with Crippen LogP contribution in [0.3, 0.4) is 0 Å². The fraction of sp³-hybridized carbons (Fsp3) is 0.568. The molecule has 4 amide bonds. The van der Waals surface area contributed by atoms with Gasteiger partial charge >= 0.3 is 0 Å². The number of nitrogens with one attached hydrogen (secondary N) is 2. The number of hydrogen-bond donors (Lipinski definition) is 3. The van der Waals surface area contributed by atoms with Gasteiger partial charge in [0.2, 0.25) is 11.8 Å². The molecule has 4 rings (SSSR count). The number of fused-ring (bicyclic) bond motifs is 1. The van der Waals surface area contributed by atoms with E-state index in [4.69, 9.17) is 48.4 Å². The molecule has 1 unspecified atom stereocenters. The van der Waals surface area contributed by atoms with E-state index in [0.29, 0.717) is 130 Å². The average Bonchev–Trinajstić information content (AvgIpc) is 3.42. The highest BCUT2D eigenvalue weighted by Gasteiger charge is 2.45. The minimum absolute atomic E-state index is 0.0654. The van der Waals surface area contributed by atoms with Crippen LogP contribution in [0.25, 0.3) is 0 Å². The van der Waals surface area contributed by atoms with E-state index in [1.54, 1.807) is 30.3 Å². The zero-order valence-electron chi connectivity index (χ0n) is 30.6. The number of carbonyl (C=O) groups is 4. The Morgan fingerprint density at radius 2 is 1.09 bits per heavy atom. The molecule has 0 radical (unpaired) electrons. The number of imide groups is 2. The fourth-order valence-corrected chi connectivity index (χ4v) is 5.34. The van der Waals surface area contributed by atoms with E-state index in [2.05, 4.69) is 10.6 Å². The second-order valence-electron chi connectivity index (χ2n) is 11.9. The number of ether oxygens (including phenoxy) is 9. The summed E-state index contributed by atoms with van der Waals surface area (Å²) in [6, 6.07) is 11.1. The Labute approximate surface area is 314 Å². The number of benzene rings is 2. The number of piperidine rings is 1. The van der Waals surface area contributed by atoms with E-state index in [9.17, 15) is 19.2 Å². The van der Waals surface area contributed by atoms with Gasteiger partial charge in [-0.15, -0.1) is 0 Å². The molecular weight excluding hydrogens is 708 g/mol. The molecule has 2 heterocycles. The first kappa shape index (κ1) is 42.5. The van der Waals surface area contributed by atoms with Gasteiger partial charge in [-0.05, 0) is 42.8 Å². The van der Waals surface area contributed by atoms with E-state index < -0.39 is 29.7 Å². The van der Waals surface area contributed by atoms with Crippen molar-refractivity contribution in [1.29, 1.82) is 0 Å². The normalized spacial score (nSPS) is 15.5. The largest absolute Gasteiger partial charge is 0.491 e. The third-order valence-electron chi connectivity index (χ3n) is 8.01. The third kappa shape index (κ3) is 14.9. The molecule has 54 heavy (non-hydrogen) atoms. The summed E-state index contributed by atoms with van der Waals surface area (Å²) in [7, 11) is 0. The van der Waals surface area contributed by atoms with Crippen LogP contribution >= 0.6 is 0 Å². The molecule has 2 aromatic rings. The summed E-state index contributed by atoms with van der Waals surface area (Å²) in [5, 5.41) is 5.33. The molecule has 17 heteroatoms. The highest BCUT2D eigenvalue weighted by Crippen LogP contribution is 2.32. The minimum atomic E-state index is -1.01. The van der Waals surface area contributed by atoms with Crippen LogP contribution in [0.4, 0.5) is 11.4 Å².